The second kappa shape index (κ2) is 7.71. The monoisotopic (exact) mass is 360 g/mol. The van der Waals surface area contributed by atoms with Gasteiger partial charge in [-0.1, -0.05) is 35.3 Å². The smallest absolute Gasteiger partial charge is 0.122 e. The third-order valence-electron chi connectivity index (χ3n) is 3.64. The molecule has 0 aliphatic rings. The van der Waals surface area contributed by atoms with Crippen LogP contribution in [0.1, 0.15) is 17.0 Å². The molecule has 0 unspecified atom stereocenters. The molecule has 0 atom stereocenters. The van der Waals surface area contributed by atoms with Gasteiger partial charge in [-0.25, -0.2) is 4.98 Å². The highest BCUT2D eigenvalue weighted by atomic mass is 35.5. The van der Waals surface area contributed by atoms with Gasteiger partial charge in [0.05, 0.1) is 6.54 Å². The summed E-state index contributed by atoms with van der Waals surface area (Å²) < 4.78 is 2.08. The van der Waals surface area contributed by atoms with E-state index >= 15 is 0 Å². The number of nitrogens with two attached hydrogens (primary N) is 1. The Kier molecular flexibility index (Phi) is 5.41. The molecule has 0 amide bonds. The number of hydrogen-bond donors (Lipinski definition) is 2. The summed E-state index contributed by atoms with van der Waals surface area (Å²) in [7, 11) is 0. The fraction of sp³-hybridized carbons (Fsp3) is 0.167. The SMILES string of the molecule is Nc1cccc(CNCc2nccn2Cc2cc(Cl)cc(Cl)c2)c1. The van der Waals surface area contributed by atoms with Gasteiger partial charge in [0.25, 0.3) is 0 Å². The van der Waals surface area contributed by atoms with Crippen molar-refractivity contribution < 1.29 is 0 Å². The number of anilines is 1. The maximum absolute atomic E-state index is 6.06. The van der Waals surface area contributed by atoms with Crippen LogP contribution in [-0.4, -0.2) is 9.55 Å². The molecular formula is C18H18Cl2N4. The van der Waals surface area contributed by atoms with Gasteiger partial charge in [0, 0.05) is 41.2 Å². The van der Waals surface area contributed by atoms with Crippen LogP contribution in [0.3, 0.4) is 0 Å². The second-order valence-electron chi connectivity index (χ2n) is 5.60. The molecule has 1 heterocycles. The molecule has 3 N–H and O–H groups in total. The Labute approximate surface area is 151 Å². The summed E-state index contributed by atoms with van der Waals surface area (Å²) in [6, 6.07) is 13.4. The van der Waals surface area contributed by atoms with Crippen molar-refractivity contribution >= 4 is 28.9 Å². The first-order chi connectivity index (χ1) is 11.6. The largest absolute Gasteiger partial charge is 0.399 e. The van der Waals surface area contributed by atoms with Crippen LogP contribution in [0.4, 0.5) is 5.69 Å². The fourth-order valence-electron chi connectivity index (χ4n) is 2.57. The van der Waals surface area contributed by atoms with Crippen molar-refractivity contribution in [1.29, 1.82) is 0 Å². The van der Waals surface area contributed by atoms with Gasteiger partial charge < -0.3 is 15.6 Å². The molecule has 0 aliphatic heterocycles. The highest BCUT2D eigenvalue weighted by Crippen LogP contribution is 2.20. The summed E-state index contributed by atoms with van der Waals surface area (Å²) in [4.78, 5) is 4.42. The molecule has 124 valence electrons. The van der Waals surface area contributed by atoms with Crippen molar-refractivity contribution in [2.24, 2.45) is 0 Å². The lowest BCUT2D eigenvalue weighted by Gasteiger charge is -2.10. The summed E-state index contributed by atoms with van der Waals surface area (Å²) in [6.07, 6.45) is 3.75. The van der Waals surface area contributed by atoms with E-state index in [-0.39, 0.29) is 0 Å². The molecule has 1 aromatic heterocycles. The van der Waals surface area contributed by atoms with E-state index in [0.717, 1.165) is 29.2 Å². The van der Waals surface area contributed by atoms with E-state index in [1.54, 1.807) is 12.3 Å². The topological polar surface area (TPSA) is 55.9 Å². The predicted molar refractivity (Wildman–Crippen MR) is 99.2 cm³/mol. The molecule has 0 saturated heterocycles. The molecule has 0 saturated carbocycles. The highest BCUT2D eigenvalue weighted by molar-refractivity contribution is 6.34. The molecular weight excluding hydrogens is 343 g/mol. The third-order valence-corrected chi connectivity index (χ3v) is 4.08. The van der Waals surface area contributed by atoms with E-state index in [4.69, 9.17) is 28.9 Å². The Morgan fingerprint density at radius 2 is 1.79 bits per heavy atom. The summed E-state index contributed by atoms with van der Waals surface area (Å²) in [6.45, 7) is 2.08. The first-order valence-electron chi connectivity index (χ1n) is 7.60. The first kappa shape index (κ1) is 16.8. The summed E-state index contributed by atoms with van der Waals surface area (Å²) in [5, 5.41) is 4.67. The van der Waals surface area contributed by atoms with Gasteiger partial charge in [0.1, 0.15) is 5.82 Å². The zero-order valence-corrected chi connectivity index (χ0v) is 14.6. The number of nitrogen functional groups attached to an aromatic ring is 1. The van der Waals surface area contributed by atoms with Gasteiger partial charge in [-0.15, -0.1) is 0 Å². The minimum absolute atomic E-state index is 0.638. The van der Waals surface area contributed by atoms with E-state index in [2.05, 4.69) is 14.9 Å². The van der Waals surface area contributed by atoms with Gasteiger partial charge in [-0.05, 0) is 41.5 Å². The van der Waals surface area contributed by atoms with E-state index in [1.165, 1.54) is 0 Å². The zero-order chi connectivity index (χ0) is 16.9. The maximum atomic E-state index is 6.06. The number of imidazole rings is 1. The van der Waals surface area contributed by atoms with Crippen molar-refractivity contribution in [2.75, 3.05) is 5.73 Å². The lowest BCUT2D eigenvalue weighted by Crippen LogP contribution is -2.17. The van der Waals surface area contributed by atoms with Crippen molar-refractivity contribution in [3.63, 3.8) is 0 Å². The Morgan fingerprint density at radius 3 is 2.54 bits per heavy atom. The molecule has 24 heavy (non-hydrogen) atoms. The van der Waals surface area contributed by atoms with Gasteiger partial charge in [-0.2, -0.15) is 0 Å². The van der Waals surface area contributed by atoms with E-state index in [0.29, 0.717) is 23.1 Å². The minimum Gasteiger partial charge on any atom is -0.399 e. The molecule has 2 aromatic carbocycles. The van der Waals surface area contributed by atoms with Crippen LogP contribution in [0, 0.1) is 0 Å². The van der Waals surface area contributed by atoms with Crippen LogP contribution in [0.2, 0.25) is 10.0 Å². The molecule has 6 heteroatoms. The molecule has 0 radical (unpaired) electrons. The van der Waals surface area contributed by atoms with Gasteiger partial charge >= 0.3 is 0 Å². The average Bonchev–Trinajstić information content (AvgIpc) is 2.93. The van der Waals surface area contributed by atoms with Gasteiger partial charge in [0.2, 0.25) is 0 Å². The highest BCUT2D eigenvalue weighted by Gasteiger charge is 2.05. The van der Waals surface area contributed by atoms with E-state index < -0.39 is 0 Å². The Bertz CT molecular complexity index is 809. The molecule has 0 fully saturated rings. The average molecular weight is 361 g/mol. The predicted octanol–water partition coefficient (Wildman–Crippen LogP) is 4.11. The van der Waals surface area contributed by atoms with Crippen LogP contribution in [0.5, 0.6) is 0 Å². The van der Waals surface area contributed by atoms with Crippen LogP contribution in [0.15, 0.2) is 54.9 Å². The minimum atomic E-state index is 0.638. The quantitative estimate of drug-likeness (QED) is 0.650. The fourth-order valence-corrected chi connectivity index (χ4v) is 3.14. The Balaban J connectivity index is 1.62. The number of benzene rings is 2. The normalized spacial score (nSPS) is 10.9. The zero-order valence-electron chi connectivity index (χ0n) is 13.0. The lowest BCUT2D eigenvalue weighted by atomic mass is 10.2. The van der Waals surface area contributed by atoms with E-state index in [1.807, 2.05) is 42.6 Å². The number of nitrogens with one attached hydrogen (secondary N) is 1. The van der Waals surface area contributed by atoms with Crippen molar-refractivity contribution in [2.45, 2.75) is 19.6 Å². The summed E-state index contributed by atoms with van der Waals surface area (Å²) in [5.41, 5.74) is 8.76. The van der Waals surface area contributed by atoms with Crippen LogP contribution in [0.25, 0.3) is 0 Å². The molecule has 3 rings (SSSR count). The standard InChI is InChI=1S/C18H18Cl2N4/c19-15-6-14(7-16(20)9-15)12-24-5-4-23-18(24)11-22-10-13-2-1-3-17(21)8-13/h1-9,22H,10-12,21H2. The van der Waals surface area contributed by atoms with Gasteiger partial charge in [0.15, 0.2) is 0 Å². The Morgan fingerprint density at radius 1 is 1.00 bits per heavy atom. The van der Waals surface area contributed by atoms with Gasteiger partial charge in [-0.3, -0.25) is 0 Å². The van der Waals surface area contributed by atoms with Crippen molar-refractivity contribution in [3.8, 4) is 0 Å². The molecule has 0 aliphatic carbocycles. The van der Waals surface area contributed by atoms with E-state index in [9.17, 15) is 0 Å². The summed E-state index contributed by atoms with van der Waals surface area (Å²) in [5.74, 6) is 0.954. The Hall–Kier alpha value is -2.01. The molecule has 0 bridgehead atoms. The number of hydrogen-bond acceptors (Lipinski definition) is 3. The molecule has 4 nitrogen and oxygen atoms in total. The first-order valence-corrected chi connectivity index (χ1v) is 8.36. The molecule has 3 aromatic rings. The van der Waals surface area contributed by atoms with Crippen molar-refractivity contribution in [1.82, 2.24) is 14.9 Å². The number of rotatable bonds is 6. The van der Waals surface area contributed by atoms with Crippen LogP contribution < -0.4 is 11.1 Å². The number of halogens is 2. The van der Waals surface area contributed by atoms with Crippen LogP contribution in [-0.2, 0) is 19.6 Å². The lowest BCUT2D eigenvalue weighted by molar-refractivity contribution is 0.622. The third kappa shape index (κ3) is 4.51. The maximum Gasteiger partial charge on any atom is 0.122 e. The number of aromatic nitrogens is 2. The summed E-state index contributed by atoms with van der Waals surface area (Å²) >= 11 is 12.1. The van der Waals surface area contributed by atoms with Crippen LogP contribution >= 0.6 is 23.2 Å². The molecule has 0 spiro atoms. The number of nitrogens with zero attached hydrogens (tertiary/aromatic N) is 2. The van der Waals surface area contributed by atoms with Crippen molar-refractivity contribution in [3.05, 3.63) is 81.9 Å². The second-order valence-corrected chi connectivity index (χ2v) is 6.47.